The topological polar surface area (TPSA) is 32.3 Å². The lowest BCUT2D eigenvalue weighted by Gasteiger charge is -2.25. The van der Waals surface area contributed by atoms with Crippen LogP contribution in [0.5, 0.6) is 0 Å². The van der Waals surface area contributed by atoms with Crippen molar-refractivity contribution in [3.05, 3.63) is 35.6 Å². The van der Waals surface area contributed by atoms with Crippen molar-refractivity contribution in [2.45, 2.75) is 18.8 Å². The second-order valence-electron chi connectivity index (χ2n) is 4.26. The summed E-state index contributed by atoms with van der Waals surface area (Å²) in [5.74, 6) is -1.01. The van der Waals surface area contributed by atoms with Gasteiger partial charge in [0.25, 0.3) is 0 Å². The first kappa shape index (κ1) is 13.8. The number of nitrogens with zero attached hydrogens (tertiary/aromatic N) is 1. The zero-order chi connectivity index (χ0) is 14.0. The molecule has 0 bridgehead atoms. The molecule has 1 aliphatic heterocycles. The van der Waals surface area contributed by atoms with Crippen LogP contribution in [0.1, 0.15) is 18.2 Å². The van der Waals surface area contributed by atoms with Crippen molar-refractivity contribution in [3.8, 4) is 0 Å². The molecule has 1 fully saturated rings. The second kappa shape index (κ2) is 5.16. The van der Waals surface area contributed by atoms with Crippen molar-refractivity contribution < 1.29 is 22.4 Å². The van der Waals surface area contributed by atoms with Crippen LogP contribution in [0, 0.1) is 5.82 Å². The average molecular weight is 276 g/mol. The molecule has 1 aromatic carbocycles. The van der Waals surface area contributed by atoms with Crippen molar-refractivity contribution >= 4 is 5.91 Å². The predicted octanol–water partition coefficient (Wildman–Crippen LogP) is 2.21. The lowest BCUT2D eigenvalue weighted by atomic mass is 10.1. The molecule has 0 saturated carbocycles. The predicted molar refractivity (Wildman–Crippen MR) is 59.5 cm³/mol. The number of benzene rings is 1. The minimum atomic E-state index is -4.34. The summed E-state index contributed by atoms with van der Waals surface area (Å²) in [5.41, 5.74) is 0.176. The van der Waals surface area contributed by atoms with Gasteiger partial charge in [-0.2, -0.15) is 13.2 Å². The standard InChI is InChI=1S/C12H12F4N2O/c13-9-4-2-1-3-8(9)11-17-7-10(19)18(11)6-5-12(14,15)16/h1-4,11,17H,5-7H2. The van der Waals surface area contributed by atoms with Crippen LogP contribution in [-0.2, 0) is 4.79 Å². The number of amides is 1. The van der Waals surface area contributed by atoms with Gasteiger partial charge in [0, 0.05) is 12.1 Å². The summed E-state index contributed by atoms with van der Waals surface area (Å²) in [6, 6.07) is 5.72. The highest BCUT2D eigenvalue weighted by atomic mass is 19.4. The Hall–Kier alpha value is -1.63. The number of hydrogen-bond donors (Lipinski definition) is 1. The molecule has 1 aliphatic rings. The van der Waals surface area contributed by atoms with Crippen LogP contribution in [0.15, 0.2) is 24.3 Å². The third-order valence-electron chi connectivity index (χ3n) is 2.91. The van der Waals surface area contributed by atoms with Gasteiger partial charge in [-0.05, 0) is 6.07 Å². The number of halogens is 4. The highest BCUT2D eigenvalue weighted by Crippen LogP contribution is 2.27. The highest BCUT2D eigenvalue weighted by molar-refractivity contribution is 5.80. The van der Waals surface area contributed by atoms with E-state index in [-0.39, 0.29) is 12.1 Å². The van der Waals surface area contributed by atoms with Crippen LogP contribution in [0.3, 0.4) is 0 Å². The normalized spacial score (nSPS) is 20.1. The van der Waals surface area contributed by atoms with Crippen LogP contribution < -0.4 is 5.32 Å². The van der Waals surface area contributed by atoms with E-state index in [1.807, 2.05) is 0 Å². The first-order chi connectivity index (χ1) is 8.88. The van der Waals surface area contributed by atoms with Gasteiger partial charge in [-0.3, -0.25) is 10.1 Å². The van der Waals surface area contributed by atoms with Gasteiger partial charge in [-0.25, -0.2) is 4.39 Å². The van der Waals surface area contributed by atoms with Crippen LogP contribution in [0.25, 0.3) is 0 Å². The van der Waals surface area contributed by atoms with E-state index in [9.17, 15) is 22.4 Å². The van der Waals surface area contributed by atoms with Crippen molar-refractivity contribution in [1.29, 1.82) is 0 Å². The molecule has 0 aromatic heterocycles. The summed E-state index contributed by atoms with van der Waals surface area (Å²) >= 11 is 0. The van der Waals surface area contributed by atoms with Crippen LogP contribution >= 0.6 is 0 Å². The molecular formula is C12H12F4N2O. The van der Waals surface area contributed by atoms with E-state index in [1.54, 1.807) is 6.07 Å². The molecule has 104 valence electrons. The summed E-state index contributed by atoms with van der Waals surface area (Å²) < 4.78 is 50.3. The molecule has 19 heavy (non-hydrogen) atoms. The Bertz CT molecular complexity index is 475. The summed E-state index contributed by atoms with van der Waals surface area (Å²) in [5, 5.41) is 2.72. The third-order valence-corrected chi connectivity index (χ3v) is 2.91. The quantitative estimate of drug-likeness (QED) is 0.858. The highest BCUT2D eigenvalue weighted by Gasteiger charge is 2.36. The van der Waals surface area contributed by atoms with Crippen molar-refractivity contribution in [3.63, 3.8) is 0 Å². The fourth-order valence-corrected chi connectivity index (χ4v) is 2.02. The van der Waals surface area contributed by atoms with Gasteiger partial charge in [0.1, 0.15) is 12.0 Å². The Morgan fingerprint density at radius 1 is 1.32 bits per heavy atom. The van der Waals surface area contributed by atoms with Crippen molar-refractivity contribution in [2.75, 3.05) is 13.1 Å². The molecule has 3 nitrogen and oxygen atoms in total. The molecule has 0 aliphatic carbocycles. The SMILES string of the molecule is O=C1CNC(c2ccccc2F)N1CCC(F)(F)F. The largest absolute Gasteiger partial charge is 0.390 e. The Morgan fingerprint density at radius 3 is 2.63 bits per heavy atom. The number of nitrogens with one attached hydrogen (secondary N) is 1. The molecule has 1 saturated heterocycles. The fourth-order valence-electron chi connectivity index (χ4n) is 2.02. The van der Waals surface area contributed by atoms with E-state index in [4.69, 9.17) is 0 Å². The van der Waals surface area contributed by atoms with Crippen molar-refractivity contribution in [1.82, 2.24) is 10.2 Å². The zero-order valence-electron chi connectivity index (χ0n) is 9.88. The Kier molecular flexibility index (Phi) is 3.75. The monoisotopic (exact) mass is 276 g/mol. The van der Waals surface area contributed by atoms with E-state index >= 15 is 0 Å². The smallest absolute Gasteiger partial charge is 0.321 e. The number of alkyl halides is 3. The zero-order valence-corrected chi connectivity index (χ0v) is 9.88. The van der Waals surface area contributed by atoms with E-state index in [2.05, 4.69) is 5.32 Å². The number of hydrogen-bond acceptors (Lipinski definition) is 2. The maximum atomic E-state index is 13.6. The van der Waals surface area contributed by atoms with Gasteiger partial charge in [0.05, 0.1) is 13.0 Å². The second-order valence-corrected chi connectivity index (χ2v) is 4.26. The molecule has 2 rings (SSSR count). The maximum absolute atomic E-state index is 13.6. The summed E-state index contributed by atoms with van der Waals surface area (Å²) in [6.45, 7) is -0.564. The molecule has 1 aromatic rings. The van der Waals surface area contributed by atoms with Gasteiger partial charge >= 0.3 is 6.18 Å². The first-order valence-corrected chi connectivity index (χ1v) is 5.72. The van der Waals surface area contributed by atoms with E-state index < -0.39 is 37.0 Å². The number of carbonyl (C=O) groups is 1. The third kappa shape index (κ3) is 3.23. The molecular weight excluding hydrogens is 264 g/mol. The molecule has 1 N–H and O–H groups in total. The fraction of sp³-hybridized carbons (Fsp3) is 0.417. The molecule has 0 radical (unpaired) electrons. The van der Waals surface area contributed by atoms with Gasteiger partial charge < -0.3 is 4.90 Å². The van der Waals surface area contributed by atoms with Gasteiger partial charge in [0.15, 0.2) is 0 Å². The van der Waals surface area contributed by atoms with Crippen LogP contribution in [-0.4, -0.2) is 30.1 Å². The maximum Gasteiger partial charge on any atom is 0.390 e. The number of rotatable bonds is 3. The molecule has 1 unspecified atom stereocenters. The van der Waals surface area contributed by atoms with Crippen molar-refractivity contribution in [2.24, 2.45) is 0 Å². The first-order valence-electron chi connectivity index (χ1n) is 5.72. The lowest BCUT2D eigenvalue weighted by Crippen LogP contribution is -2.33. The van der Waals surface area contributed by atoms with E-state index in [0.29, 0.717) is 0 Å². The Labute approximate surface area is 107 Å². The number of carbonyl (C=O) groups excluding carboxylic acids is 1. The minimum Gasteiger partial charge on any atom is -0.321 e. The summed E-state index contributed by atoms with van der Waals surface area (Å²) in [6.07, 6.45) is -6.29. The van der Waals surface area contributed by atoms with Gasteiger partial charge in [0.2, 0.25) is 5.91 Å². The van der Waals surface area contributed by atoms with Crippen LogP contribution in [0.2, 0.25) is 0 Å². The molecule has 1 atom stereocenters. The minimum absolute atomic E-state index is 0.0865. The Balaban J connectivity index is 2.16. The molecule has 1 amide bonds. The average Bonchev–Trinajstić information content (AvgIpc) is 2.68. The van der Waals surface area contributed by atoms with Gasteiger partial charge in [-0.15, -0.1) is 0 Å². The lowest BCUT2D eigenvalue weighted by molar-refractivity contribution is -0.144. The Morgan fingerprint density at radius 2 is 2.00 bits per heavy atom. The van der Waals surface area contributed by atoms with E-state index in [1.165, 1.54) is 18.2 Å². The van der Waals surface area contributed by atoms with Crippen LogP contribution in [0.4, 0.5) is 17.6 Å². The van der Waals surface area contributed by atoms with Gasteiger partial charge in [-0.1, -0.05) is 18.2 Å². The van der Waals surface area contributed by atoms with E-state index in [0.717, 1.165) is 4.90 Å². The summed E-state index contributed by atoms with van der Waals surface area (Å²) in [4.78, 5) is 12.6. The molecule has 0 spiro atoms. The summed E-state index contributed by atoms with van der Waals surface area (Å²) in [7, 11) is 0. The molecule has 7 heteroatoms. The molecule has 1 heterocycles.